The highest BCUT2D eigenvalue weighted by Gasteiger charge is 2.19. The first kappa shape index (κ1) is 13.8. The second-order valence-corrected chi connectivity index (χ2v) is 5.06. The first-order valence-corrected chi connectivity index (χ1v) is 6.63. The number of nitrogens with two attached hydrogens (primary N) is 1. The SMILES string of the molecule is CCN(CC)C(=O)C(C)Sc1ccc(N)cn1. The molecular weight excluding hydrogens is 234 g/mol. The van der Waals surface area contributed by atoms with Crippen molar-refractivity contribution in [2.75, 3.05) is 18.8 Å². The molecule has 0 aromatic carbocycles. The van der Waals surface area contributed by atoms with Crippen molar-refractivity contribution >= 4 is 23.4 Å². The topological polar surface area (TPSA) is 59.2 Å². The molecule has 1 rings (SSSR count). The normalized spacial score (nSPS) is 12.2. The van der Waals surface area contributed by atoms with Gasteiger partial charge in [0.25, 0.3) is 0 Å². The lowest BCUT2D eigenvalue weighted by molar-refractivity contribution is -0.129. The molecule has 0 aliphatic carbocycles. The maximum Gasteiger partial charge on any atom is 0.235 e. The molecule has 0 spiro atoms. The Morgan fingerprint density at radius 1 is 1.47 bits per heavy atom. The molecule has 1 unspecified atom stereocenters. The van der Waals surface area contributed by atoms with Gasteiger partial charge in [0.05, 0.1) is 22.2 Å². The Hall–Kier alpha value is -1.23. The molecule has 2 N–H and O–H groups in total. The van der Waals surface area contributed by atoms with Crippen molar-refractivity contribution in [3.05, 3.63) is 18.3 Å². The van der Waals surface area contributed by atoms with E-state index in [9.17, 15) is 4.79 Å². The molecule has 94 valence electrons. The fourth-order valence-electron chi connectivity index (χ4n) is 1.49. The van der Waals surface area contributed by atoms with E-state index in [2.05, 4.69) is 4.98 Å². The van der Waals surface area contributed by atoms with Crippen molar-refractivity contribution in [1.82, 2.24) is 9.88 Å². The summed E-state index contributed by atoms with van der Waals surface area (Å²) in [6.07, 6.45) is 1.61. The lowest BCUT2D eigenvalue weighted by atomic mass is 10.4. The largest absolute Gasteiger partial charge is 0.397 e. The molecule has 0 saturated carbocycles. The summed E-state index contributed by atoms with van der Waals surface area (Å²) < 4.78 is 0. The number of nitrogens with zero attached hydrogens (tertiary/aromatic N) is 2. The van der Waals surface area contributed by atoms with Crippen LogP contribution in [0.2, 0.25) is 0 Å². The summed E-state index contributed by atoms with van der Waals surface area (Å²) in [6.45, 7) is 7.37. The summed E-state index contributed by atoms with van der Waals surface area (Å²) in [7, 11) is 0. The Kier molecular flexibility index (Phi) is 5.28. The average molecular weight is 253 g/mol. The molecule has 1 aromatic heterocycles. The number of pyridine rings is 1. The molecule has 0 aliphatic rings. The lowest BCUT2D eigenvalue weighted by Crippen LogP contribution is -2.36. The summed E-state index contributed by atoms with van der Waals surface area (Å²) in [5.41, 5.74) is 6.20. The summed E-state index contributed by atoms with van der Waals surface area (Å²) in [5.74, 6) is 0.152. The number of nitrogen functional groups attached to an aromatic ring is 1. The maximum atomic E-state index is 12.0. The monoisotopic (exact) mass is 253 g/mol. The van der Waals surface area contributed by atoms with E-state index < -0.39 is 0 Å². The van der Waals surface area contributed by atoms with Crippen molar-refractivity contribution in [3.8, 4) is 0 Å². The molecule has 0 fully saturated rings. The zero-order valence-corrected chi connectivity index (χ0v) is 11.3. The quantitative estimate of drug-likeness (QED) is 0.816. The zero-order chi connectivity index (χ0) is 12.8. The van der Waals surface area contributed by atoms with Crippen molar-refractivity contribution in [3.63, 3.8) is 0 Å². The number of hydrogen-bond donors (Lipinski definition) is 1. The standard InChI is InChI=1S/C12H19N3OS/c1-4-15(5-2)12(16)9(3)17-11-7-6-10(13)8-14-11/h6-9H,4-5,13H2,1-3H3. The molecule has 17 heavy (non-hydrogen) atoms. The molecule has 0 saturated heterocycles. The summed E-state index contributed by atoms with van der Waals surface area (Å²) in [4.78, 5) is 18.0. The van der Waals surface area contributed by atoms with Crippen molar-refractivity contribution < 1.29 is 4.79 Å². The summed E-state index contributed by atoms with van der Waals surface area (Å²) in [5, 5.41) is 0.707. The molecular formula is C12H19N3OS. The number of hydrogen-bond acceptors (Lipinski definition) is 4. The predicted molar refractivity (Wildman–Crippen MR) is 71.9 cm³/mol. The molecule has 0 bridgehead atoms. The highest BCUT2D eigenvalue weighted by atomic mass is 32.2. The minimum Gasteiger partial charge on any atom is -0.397 e. The van der Waals surface area contributed by atoms with Crippen LogP contribution in [0.4, 0.5) is 5.69 Å². The Balaban J connectivity index is 2.62. The van der Waals surface area contributed by atoms with E-state index in [1.165, 1.54) is 11.8 Å². The Bertz CT molecular complexity index is 363. The van der Waals surface area contributed by atoms with Crippen LogP contribution < -0.4 is 5.73 Å². The Morgan fingerprint density at radius 3 is 2.59 bits per heavy atom. The van der Waals surface area contributed by atoms with Crippen molar-refractivity contribution in [2.45, 2.75) is 31.0 Å². The van der Waals surface area contributed by atoms with Gasteiger partial charge in [-0.25, -0.2) is 4.98 Å². The van der Waals surface area contributed by atoms with Gasteiger partial charge in [0.1, 0.15) is 0 Å². The van der Waals surface area contributed by atoms with Gasteiger partial charge in [0, 0.05) is 13.1 Å². The van der Waals surface area contributed by atoms with Gasteiger partial charge in [-0.3, -0.25) is 4.79 Å². The molecule has 0 radical (unpaired) electrons. The fraction of sp³-hybridized carbons (Fsp3) is 0.500. The molecule has 1 atom stereocenters. The second-order valence-electron chi connectivity index (χ2n) is 3.70. The number of carbonyl (C=O) groups is 1. The minimum atomic E-state index is -0.119. The van der Waals surface area contributed by atoms with E-state index in [0.29, 0.717) is 5.69 Å². The maximum absolute atomic E-state index is 12.0. The zero-order valence-electron chi connectivity index (χ0n) is 10.5. The Labute approximate surface area is 107 Å². The van der Waals surface area contributed by atoms with Gasteiger partial charge in [-0.05, 0) is 32.9 Å². The van der Waals surface area contributed by atoms with Gasteiger partial charge < -0.3 is 10.6 Å². The Morgan fingerprint density at radius 2 is 2.12 bits per heavy atom. The van der Waals surface area contributed by atoms with E-state index in [1.807, 2.05) is 31.7 Å². The van der Waals surface area contributed by atoms with Gasteiger partial charge in [0.15, 0.2) is 0 Å². The van der Waals surface area contributed by atoms with Gasteiger partial charge >= 0.3 is 0 Å². The highest BCUT2D eigenvalue weighted by molar-refractivity contribution is 8.00. The fourth-order valence-corrected chi connectivity index (χ4v) is 2.36. The summed E-state index contributed by atoms with van der Waals surface area (Å²) >= 11 is 1.46. The van der Waals surface area contributed by atoms with Gasteiger partial charge in [-0.15, -0.1) is 0 Å². The number of anilines is 1. The average Bonchev–Trinajstić information content (AvgIpc) is 2.33. The first-order valence-electron chi connectivity index (χ1n) is 5.75. The minimum absolute atomic E-state index is 0.119. The van der Waals surface area contributed by atoms with Crippen LogP contribution in [-0.2, 0) is 4.79 Å². The van der Waals surface area contributed by atoms with E-state index in [4.69, 9.17) is 5.73 Å². The number of amides is 1. The molecule has 5 heteroatoms. The van der Waals surface area contributed by atoms with Crippen LogP contribution in [0, 0.1) is 0 Å². The molecule has 0 aliphatic heterocycles. The number of carbonyl (C=O) groups excluding carboxylic acids is 1. The smallest absolute Gasteiger partial charge is 0.235 e. The van der Waals surface area contributed by atoms with Gasteiger partial charge in [-0.2, -0.15) is 0 Å². The number of aromatic nitrogens is 1. The van der Waals surface area contributed by atoms with Crippen molar-refractivity contribution in [2.24, 2.45) is 0 Å². The van der Waals surface area contributed by atoms with Crippen LogP contribution in [0.15, 0.2) is 23.4 Å². The van der Waals surface area contributed by atoms with Gasteiger partial charge in [0.2, 0.25) is 5.91 Å². The third-order valence-electron chi connectivity index (χ3n) is 2.48. The van der Waals surface area contributed by atoms with E-state index in [-0.39, 0.29) is 11.2 Å². The van der Waals surface area contributed by atoms with Crippen LogP contribution in [-0.4, -0.2) is 34.1 Å². The van der Waals surface area contributed by atoms with Crippen molar-refractivity contribution in [1.29, 1.82) is 0 Å². The van der Waals surface area contributed by atoms with E-state index in [0.717, 1.165) is 18.1 Å². The third kappa shape index (κ3) is 3.93. The predicted octanol–water partition coefficient (Wildman–Crippen LogP) is 2.01. The molecule has 1 amide bonds. The van der Waals surface area contributed by atoms with E-state index >= 15 is 0 Å². The van der Waals surface area contributed by atoms with Crippen LogP contribution >= 0.6 is 11.8 Å². The highest BCUT2D eigenvalue weighted by Crippen LogP contribution is 2.22. The second kappa shape index (κ2) is 6.49. The van der Waals surface area contributed by atoms with Crippen LogP contribution in [0.1, 0.15) is 20.8 Å². The third-order valence-corrected chi connectivity index (χ3v) is 3.52. The van der Waals surface area contributed by atoms with Crippen LogP contribution in [0.5, 0.6) is 0 Å². The molecule has 4 nitrogen and oxygen atoms in total. The number of thioether (sulfide) groups is 1. The molecule has 1 aromatic rings. The van der Waals surface area contributed by atoms with Crippen LogP contribution in [0.3, 0.4) is 0 Å². The van der Waals surface area contributed by atoms with Crippen LogP contribution in [0.25, 0.3) is 0 Å². The first-order chi connectivity index (χ1) is 8.08. The molecule has 1 heterocycles. The van der Waals surface area contributed by atoms with E-state index in [1.54, 1.807) is 12.3 Å². The van der Waals surface area contributed by atoms with Gasteiger partial charge in [-0.1, -0.05) is 11.8 Å². The number of rotatable bonds is 5. The lowest BCUT2D eigenvalue weighted by Gasteiger charge is -2.22. The summed E-state index contributed by atoms with van der Waals surface area (Å²) in [6, 6.07) is 3.63.